The van der Waals surface area contributed by atoms with E-state index in [2.05, 4.69) is 4.98 Å². The van der Waals surface area contributed by atoms with Gasteiger partial charge in [0.15, 0.2) is 5.78 Å². The quantitative estimate of drug-likeness (QED) is 0.619. The summed E-state index contributed by atoms with van der Waals surface area (Å²) < 4.78 is 4.99. The fraction of sp³-hybridized carbons (Fsp3) is 0.368. The Morgan fingerprint density at radius 1 is 1.36 bits per heavy atom. The summed E-state index contributed by atoms with van der Waals surface area (Å²) in [6, 6.07) is 9.33. The van der Waals surface area contributed by atoms with E-state index >= 15 is 0 Å². The van der Waals surface area contributed by atoms with Gasteiger partial charge in [0, 0.05) is 18.4 Å². The van der Waals surface area contributed by atoms with Crippen LogP contribution in [0.1, 0.15) is 37.6 Å². The molecule has 0 aliphatic carbocycles. The Morgan fingerprint density at radius 2 is 2.12 bits per heavy atom. The molecule has 0 saturated carbocycles. The number of carbonyl (C=O) groups excluding carboxylic acids is 3. The highest BCUT2D eigenvalue weighted by molar-refractivity contribution is 6.22. The lowest BCUT2D eigenvalue weighted by atomic mass is 9.77. The third-order valence-corrected chi connectivity index (χ3v) is 5.18. The summed E-state index contributed by atoms with van der Waals surface area (Å²) in [5.74, 6) is -1.66. The van der Waals surface area contributed by atoms with Crippen LogP contribution in [0.4, 0.5) is 0 Å². The molecule has 4 rings (SSSR count). The SMILES string of the molecule is CCOC(=O)C1(C)C(=O)CC2c3nc4ccccc4cc3CN2C1=O. The van der Waals surface area contributed by atoms with Gasteiger partial charge in [-0.2, -0.15) is 0 Å². The van der Waals surface area contributed by atoms with E-state index in [0.29, 0.717) is 6.54 Å². The molecule has 2 unspecified atom stereocenters. The van der Waals surface area contributed by atoms with Crippen molar-refractivity contribution in [2.45, 2.75) is 32.9 Å². The summed E-state index contributed by atoms with van der Waals surface area (Å²) in [5.41, 5.74) is 0.763. The molecule has 2 aliphatic heterocycles. The van der Waals surface area contributed by atoms with Crippen LogP contribution in [0.25, 0.3) is 10.9 Å². The van der Waals surface area contributed by atoms with Crippen LogP contribution in [-0.2, 0) is 25.7 Å². The predicted octanol–water partition coefficient (Wildman–Crippen LogP) is 2.16. The molecule has 1 aromatic carbocycles. The summed E-state index contributed by atoms with van der Waals surface area (Å²) in [6.45, 7) is 3.52. The Kier molecular flexibility index (Phi) is 3.39. The minimum Gasteiger partial charge on any atom is -0.465 e. The van der Waals surface area contributed by atoms with Crippen molar-refractivity contribution in [3.05, 3.63) is 41.6 Å². The van der Waals surface area contributed by atoms with E-state index in [-0.39, 0.29) is 13.0 Å². The van der Waals surface area contributed by atoms with Gasteiger partial charge in [-0.3, -0.25) is 19.4 Å². The second kappa shape index (κ2) is 5.37. The minimum absolute atomic E-state index is 0.0827. The number of para-hydroxylation sites is 1. The van der Waals surface area contributed by atoms with Gasteiger partial charge >= 0.3 is 5.97 Å². The summed E-state index contributed by atoms with van der Waals surface area (Å²) in [4.78, 5) is 44.2. The van der Waals surface area contributed by atoms with Gasteiger partial charge in [0.1, 0.15) is 0 Å². The number of esters is 1. The van der Waals surface area contributed by atoms with Gasteiger partial charge in [-0.15, -0.1) is 0 Å². The van der Waals surface area contributed by atoms with Gasteiger partial charge < -0.3 is 9.64 Å². The van der Waals surface area contributed by atoms with Crippen molar-refractivity contribution in [1.29, 1.82) is 0 Å². The smallest absolute Gasteiger partial charge is 0.329 e. The number of pyridine rings is 1. The van der Waals surface area contributed by atoms with Gasteiger partial charge in [-0.25, -0.2) is 0 Å². The molecule has 25 heavy (non-hydrogen) atoms. The zero-order valence-corrected chi connectivity index (χ0v) is 14.1. The number of carbonyl (C=O) groups is 3. The molecule has 2 aromatic rings. The molecule has 6 nitrogen and oxygen atoms in total. The van der Waals surface area contributed by atoms with Crippen molar-refractivity contribution in [2.75, 3.05) is 6.61 Å². The highest BCUT2D eigenvalue weighted by Gasteiger charge is 2.58. The van der Waals surface area contributed by atoms with Gasteiger partial charge in [0.05, 0.1) is 23.9 Å². The van der Waals surface area contributed by atoms with Crippen LogP contribution in [0.15, 0.2) is 30.3 Å². The normalized spacial score (nSPS) is 25.0. The number of piperidine rings is 1. The maximum atomic E-state index is 13.0. The topological polar surface area (TPSA) is 76.6 Å². The summed E-state index contributed by atoms with van der Waals surface area (Å²) in [6.07, 6.45) is 0.0827. The number of fused-ring (bicyclic) bond motifs is 4. The number of amides is 1. The molecular weight excluding hydrogens is 320 g/mol. The standard InChI is InChI=1S/C19H18N2O4/c1-3-25-18(24)19(2)15(22)9-14-16-12(10-21(14)17(19)23)8-11-6-4-5-7-13(11)20-16/h4-8,14H,3,9-10H2,1-2H3. The number of ether oxygens (including phenoxy) is 1. The minimum atomic E-state index is -1.76. The van der Waals surface area contributed by atoms with Gasteiger partial charge in [0.2, 0.25) is 11.3 Å². The molecule has 0 spiro atoms. The second-order valence-electron chi connectivity index (χ2n) is 6.65. The molecule has 2 atom stereocenters. The maximum Gasteiger partial charge on any atom is 0.329 e. The van der Waals surface area contributed by atoms with E-state index in [1.165, 1.54) is 6.92 Å². The summed E-state index contributed by atoms with van der Waals surface area (Å²) in [5, 5.41) is 0.994. The van der Waals surface area contributed by atoms with Crippen LogP contribution in [0.3, 0.4) is 0 Å². The number of hydrogen-bond acceptors (Lipinski definition) is 5. The van der Waals surface area contributed by atoms with Crippen molar-refractivity contribution in [2.24, 2.45) is 5.41 Å². The summed E-state index contributed by atoms with van der Waals surface area (Å²) >= 11 is 0. The van der Waals surface area contributed by atoms with Gasteiger partial charge in [0.25, 0.3) is 0 Å². The van der Waals surface area contributed by atoms with Gasteiger partial charge in [-0.1, -0.05) is 18.2 Å². The van der Waals surface area contributed by atoms with E-state index in [0.717, 1.165) is 22.2 Å². The Hall–Kier alpha value is -2.76. The number of hydrogen-bond donors (Lipinski definition) is 0. The first-order chi connectivity index (χ1) is 12.0. The average molecular weight is 338 g/mol. The number of aromatic nitrogens is 1. The van der Waals surface area contributed by atoms with E-state index in [1.807, 2.05) is 30.3 Å². The van der Waals surface area contributed by atoms with Crippen molar-refractivity contribution in [3.63, 3.8) is 0 Å². The molecule has 0 radical (unpaired) electrons. The lowest BCUT2D eigenvalue weighted by Gasteiger charge is -2.38. The molecule has 1 aromatic heterocycles. The van der Waals surface area contributed by atoms with Crippen LogP contribution in [0.2, 0.25) is 0 Å². The van der Waals surface area contributed by atoms with Crippen LogP contribution in [-0.4, -0.2) is 34.2 Å². The Morgan fingerprint density at radius 3 is 2.88 bits per heavy atom. The molecule has 0 N–H and O–H groups in total. The maximum absolute atomic E-state index is 13.0. The fourth-order valence-corrected chi connectivity index (χ4v) is 3.71. The van der Waals surface area contributed by atoms with Crippen LogP contribution >= 0.6 is 0 Å². The Balaban J connectivity index is 1.76. The number of Topliss-reactive ketones (excluding diaryl/α,β-unsaturated/α-hetero) is 1. The van der Waals surface area contributed by atoms with E-state index < -0.39 is 29.1 Å². The van der Waals surface area contributed by atoms with Crippen LogP contribution in [0, 0.1) is 5.41 Å². The van der Waals surface area contributed by atoms with Crippen molar-refractivity contribution in [3.8, 4) is 0 Å². The summed E-state index contributed by atoms with van der Waals surface area (Å²) in [7, 11) is 0. The number of rotatable bonds is 2. The molecule has 0 bridgehead atoms. The lowest BCUT2D eigenvalue weighted by molar-refractivity contribution is -0.172. The molecule has 6 heteroatoms. The molecule has 128 valence electrons. The first-order valence-electron chi connectivity index (χ1n) is 8.37. The van der Waals surface area contributed by atoms with E-state index in [1.54, 1.807) is 11.8 Å². The van der Waals surface area contributed by atoms with Crippen molar-refractivity contribution in [1.82, 2.24) is 9.88 Å². The molecular formula is C19H18N2O4. The molecule has 1 fully saturated rings. The monoisotopic (exact) mass is 338 g/mol. The lowest BCUT2D eigenvalue weighted by Crippen LogP contribution is -2.56. The second-order valence-corrected chi connectivity index (χ2v) is 6.65. The number of benzene rings is 1. The molecule has 1 amide bonds. The predicted molar refractivity (Wildman–Crippen MR) is 89.4 cm³/mol. The van der Waals surface area contributed by atoms with Crippen LogP contribution < -0.4 is 0 Å². The van der Waals surface area contributed by atoms with Crippen molar-refractivity contribution < 1.29 is 19.1 Å². The van der Waals surface area contributed by atoms with E-state index in [9.17, 15) is 14.4 Å². The highest BCUT2D eigenvalue weighted by Crippen LogP contribution is 2.45. The van der Waals surface area contributed by atoms with E-state index in [4.69, 9.17) is 4.74 Å². The Labute approximate surface area is 144 Å². The number of ketones is 1. The third kappa shape index (κ3) is 2.10. The molecule has 1 saturated heterocycles. The first-order valence-corrected chi connectivity index (χ1v) is 8.37. The fourth-order valence-electron chi connectivity index (χ4n) is 3.71. The average Bonchev–Trinajstić information content (AvgIpc) is 2.95. The molecule has 3 heterocycles. The van der Waals surface area contributed by atoms with Crippen LogP contribution in [0.5, 0.6) is 0 Å². The zero-order chi connectivity index (χ0) is 17.8. The third-order valence-electron chi connectivity index (χ3n) is 5.18. The first kappa shape index (κ1) is 15.7. The van der Waals surface area contributed by atoms with Gasteiger partial charge in [-0.05, 0) is 31.5 Å². The Bertz CT molecular complexity index is 923. The molecule has 2 aliphatic rings. The largest absolute Gasteiger partial charge is 0.465 e. The number of nitrogens with zero attached hydrogens (tertiary/aromatic N) is 2. The van der Waals surface area contributed by atoms with Crippen molar-refractivity contribution >= 4 is 28.6 Å². The highest BCUT2D eigenvalue weighted by atomic mass is 16.5. The zero-order valence-electron chi connectivity index (χ0n) is 14.1.